The molecule has 0 saturated heterocycles. The highest BCUT2D eigenvalue weighted by molar-refractivity contribution is 5.55. The fourth-order valence-corrected chi connectivity index (χ4v) is 1.02. The number of aromatic nitrogens is 1. The summed E-state index contributed by atoms with van der Waals surface area (Å²) in [6.45, 7) is 1.88. The number of nitrogens with zero attached hydrogens (tertiary/aromatic N) is 1. The maximum Gasteiger partial charge on any atom is 0.146 e. The summed E-state index contributed by atoms with van der Waals surface area (Å²) in [4.78, 5) is 4.06. The van der Waals surface area contributed by atoms with Crippen LogP contribution in [0.3, 0.4) is 0 Å². The molecule has 0 aromatic carbocycles. The van der Waals surface area contributed by atoms with Gasteiger partial charge in [0.25, 0.3) is 0 Å². The van der Waals surface area contributed by atoms with Crippen molar-refractivity contribution in [3.8, 4) is 5.75 Å². The largest absolute Gasteiger partial charge is 0.488 e. The predicted octanol–water partition coefficient (Wildman–Crippen LogP) is 1.51. The molecule has 1 saturated carbocycles. The molecule has 64 valence electrons. The quantitative estimate of drug-likeness (QED) is 0.720. The predicted molar refractivity (Wildman–Crippen MR) is 47.0 cm³/mol. The van der Waals surface area contributed by atoms with Crippen molar-refractivity contribution >= 4 is 5.69 Å². The third kappa shape index (κ3) is 1.35. The number of anilines is 1. The molecule has 2 rings (SSSR count). The zero-order chi connectivity index (χ0) is 8.55. The summed E-state index contributed by atoms with van der Waals surface area (Å²) in [5, 5.41) is 0. The van der Waals surface area contributed by atoms with Crippen LogP contribution in [0.25, 0.3) is 0 Å². The van der Waals surface area contributed by atoms with Gasteiger partial charge in [-0.05, 0) is 19.8 Å². The summed E-state index contributed by atoms with van der Waals surface area (Å²) in [6.07, 6.45) is 4.43. The lowest BCUT2D eigenvalue weighted by Crippen LogP contribution is -2.02. The number of rotatable bonds is 2. The summed E-state index contributed by atoms with van der Waals surface area (Å²) in [5.74, 6) is 0.782. The Morgan fingerprint density at radius 3 is 3.00 bits per heavy atom. The van der Waals surface area contributed by atoms with Crippen LogP contribution in [0.2, 0.25) is 0 Å². The van der Waals surface area contributed by atoms with E-state index in [9.17, 15) is 0 Å². The first-order valence-electron chi connectivity index (χ1n) is 4.15. The Labute approximate surface area is 71.6 Å². The normalized spacial score (nSPS) is 16.1. The van der Waals surface area contributed by atoms with Crippen molar-refractivity contribution < 1.29 is 4.74 Å². The van der Waals surface area contributed by atoms with Gasteiger partial charge in [-0.2, -0.15) is 0 Å². The van der Waals surface area contributed by atoms with Gasteiger partial charge in [0.15, 0.2) is 0 Å². The van der Waals surface area contributed by atoms with Crippen molar-refractivity contribution in [3.63, 3.8) is 0 Å². The molecular weight excluding hydrogens is 152 g/mol. The standard InChI is InChI=1S/C9H12N2O/c1-6-9(10)8(4-5-11-6)12-7-2-3-7/h4-5,7H,2-3,10H2,1H3. The molecule has 1 aromatic rings. The van der Waals surface area contributed by atoms with Gasteiger partial charge in [-0.15, -0.1) is 0 Å². The number of pyridine rings is 1. The van der Waals surface area contributed by atoms with E-state index in [0.717, 1.165) is 24.3 Å². The van der Waals surface area contributed by atoms with E-state index in [-0.39, 0.29) is 0 Å². The molecule has 0 radical (unpaired) electrons. The van der Waals surface area contributed by atoms with Crippen LogP contribution in [-0.2, 0) is 0 Å². The van der Waals surface area contributed by atoms with E-state index in [4.69, 9.17) is 10.5 Å². The van der Waals surface area contributed by atoms with Crippen LogP contribution >= 0.6 is 0 Å². The third-order valence-corrected chi connectivity index (χ3v) is 1.97. The van der Waals surface area contributed by atoms with Crippen LogP contribution in [0.1, 0.15) is 18.5 Å². The third-order valence-electron chi connectivity index (χ3n) is 1.97. The van der Waals surface area contributed by atoms with E-state index in [0.29, 0.717) is 11.8 Å². The van der Waals surface area contributed by atoms with Crippen LogP contribution in [0.15, 0.2) is 12.3 Å². The molecule has 0 spiro atoms. The SMILES string of the molecule is Cc1nccc(OC2CC2)c1N. The topological polar surface area (TPSA) is 48.1 Å². The Morgan fingerprint density at radius 2 is 2.33 bits per heavy atom. The number of nitrogen functional groups attached to an aromatic ring is 1. The Hall–Kier alpha value is -1.25. The fraction of sp³-hybridized carbons (Fsp3) is 0.444. The number of aryl methyl sites for hydroxylation is 1. The molecule has 12 heavy (non-hydrogen) atoms. The first kappa shape index (κ1) is 7.40. The molecule has 0 atom stereocenters. The molecule has 1 fully saturated rings. The van der Waals surface area contributed by atoms with E-state index >= 15 is 0 Å². The maximum atomic E-state index is 5.77. The van der Waals surface area contributed by atoms with Crippen molar-refractivity contribution in [2.75, 3.05) is 5.73 Å². The van der Waals surface area contributed by atoms with Crippen LogP contribution < -0.4 is 10.5 Å². The number of hydrogen-bond acceptors (Lipinski definition) is 3. The molecule has 3 heteroatoms. The molecule has 1 aliphatic carbocycles. The minimum absolute atomic E-state index is 0.397. The summed E-state index contributed by atoms with van der Waals surface area (Å²) in [5.41, 5.74) is 7.28. The molecule has 0 unspecified atom stereocenters. The molecule has 1 heterocycles. The first-order valence-corrected chi connectivity index (χ1v) is 4.15. The van der Waals surface area contributed by atoms with Gasteiger partial charge in [0.05, 0.1) is 17.5 Å². The van der Waals surface area contributed by atoms with Gasteiger partial charge in [0.1, 0.15) is 5.75 Å². The number of ether oxygens (including phenoxy) is 1. The lowest BCUT2D eigenvalue weighted by molar-refractivity contribution is 0.304. The zero-order valence-electron chi connectivity index (χ0n) is 7.08. The van der Waals surface area contributed by atoms with Crippen LogP contribution in [0, 0.1) is 6.92 Å². The molecule has 0 bridgehead atoms. The van der Waals surface area contributed by atoms with Gasteiger partial charge < -0.3 is 10.5 Å². The lowest BCUT2D eigenvalue weighted by Gasteiger charge is -2.08. The molecule has 0 amide bonds. The lowest BCUT2D eigenvalue weighted by atomic mass is 10.3. The van der Waals surface area contributed by atoms with E-state index in [1.807, 2.05) is 13.0 Å². The second-order valence-electron chi connectivity index (χ2n) is 3.13. The molecule has 3 nitrogen and oxygen atoms in total. The Kier molecular flexibility index (Phi) is 1.64. The maximum absolute atomic E-state index is 5.77. The van der Waals surface area contributed by atoms with E-state index in [2.05, 4.69) is 4.98 Å². The van der Waals surface area contributed by atoms with Crippen LogP contribution in [-0.4, -0.2) is 11.1 Å². The summed E-state index contributed by atoms with van der Waals surface area (Å²) >= 11 is 0. The van der Waals surface area contributed by atoms with Gasteiger partial charge in [-0.1, -0.05) is 0 Å². The van der Waals surface area contributed by atoms with Crippen molar-refractivity contribution in [1.29, 1.82) is 0 Å². The fourth-order valence-electron chi connectivity index (χ4n) is 1.02. The van der Waals surface area contributed by atoms with Crippen LogP contribution in [0.4, 0.5) is 5.69 Å². The highest BCUT2D eigenvalue weighted by atomic mass is 16.5. The number of nitrogens with two attached hydrogens (primary N) is 1. The van der Waals surface area contributed by atoms with Gasteiger partial charge in [0, 0.05) is 12.3 Å². The molecular formula is C9H12N2O. The second kappa shape index (κ2) is 2.66. The average molecular weight is 164 g/mol. The van der Waals surface area contributed by atoms with Gasteiger partial charge in [-0.25, -0.2) is 0 Å². The number of hydrogen-bond donors (Lipinski definition) is 1. The van der Waals surface area contributed by atoms with E-state index in [1.165, 1.54) is 0 Å². The van der Waals surface area contributed by atoms with Gasteiger partial charge in [-0.3, -0.25) is 4.98 Å². The molecule has 1 aromatic heterocycles. The van der Waals surface area contributed by atoms with Crippen molar-refractivity contribution in [1.82, 2.24) is 4.98 Å². The van der Waals surface area contributed by atoms with Crippen molar-refractivity contribution in [2.24, 2.45) is 0 Å². The minimum atomic E-state index is 0.397. The first-order chi connectivity index (χ1) is 5.77. The van der Waals surface area contributed by atoms with Crippen LogP contribution in [0.5, 0.6) is 5.75 Å². The highest BCUT2D eigenvalue weighted by Gasteiger charge is 2.24. The molecule has 2 N–H and O–H groups in total. The van der Waals surface area contributed by atoms with Crippen molar-refractivity contribution in [3.05, 3.63) is 18.0 Å². The zero-order valence-corrected chi connectivity index (χ0v) is 7.08. The summed E-state index contributed by atoms with van der Waals surface area (Å²) in [6, 6.07) is 1.82. The van der Waals surface area contributed by atoms with Gasteiger partial charge >= 0.3 is 0 Å². The van der Waals surface area contributed by atoms with Crippen molar-refractivity contribution in [2.45, 2.75) is 25.9 Å². The summed E-state index contributed by atoms with van der Waals surface area (Å²) < 4.78 is 5.57. The second-order valence-corrected chi connectivity index (χ2v) is 3.13. The monoisotopic (exact) mass is 164 g/mol. The smallest absolute Gasteiger partial charge is 0.146 e. The van der Waals surface area contributed by atoms with E-state index in [1.54, 1.807) is 6.20 Å². The average Bonchev–Trinajstić information content (AvgIpc) is 2.83. The summed E-state index contributed by atoms with van der Waals surface area (Å²) in [7, 11) is 0. The Balaban J connectivity index is 2.23. The molecule has 0 aliphatic heterocycles. The van der Waals surface area contributed by atoms with E-state index < -0.39 is 0 Å². The van der Waals surface area contributed by atoms with Gasteiger partial charge in [0.2, 0.25) is 0 Å². The highest BCUT2D eigenvalue weighted by Crippen LogP contribution is 2.30. The molecule has 1 aliphatic rings. The Bertz CT molecular complexity index is 295. The Morgan fingerprint density at radius 1 is 1.58 bits per heavy atom. The minimum Gasteiger partial charge on any atom is -0.488 e.